The number of quaternary nitrogens is 1. The minimum Gasteiger partial charge on any atom is -0.756 e. The zero-order valence-electron chi connectivity index (χ0n) is 46.6. The molecule has 0 aromatic carbocycles. The number of likely N-dealkylation sites (N-methyl/N-ethyl adjacent to an activating group) is 1. The van der Waals surface area contributed by atoms with Crippen molar-refractivity contribution < 1.29 is 32.9 Å². The maximum Gasteiger partial charge on any atom is 0.268 e. The quantitative estimate of drug-likeness (QED) is 0.0272. The normalized spacial score (nSPS) is 14.6. The number of unbranched alkanes of at least 4 members (excludes halogenated alkanes) is 25. The van der Waals surface area contributed by atoms with E-state index < -0.39 is 26.6 Å². The van der Waals surface area contributed by atoms with Crippen LogP contribution in [0.5, 0.6) is 0 Å². The van der Waals surface area contributed by atoms with Crippen molar-refractivity contribution in [2.24, 2.45) is 0 Å². The first-order valence-corrected chi connectivity index (χ1v) is 30.6. The number of aliphatic hydroxyl groups excluding tert-OH is 1. The van der Waals surface area contributed by atoms with Gasteiger partial charge >= 0.3 is 0 Å². The van der Waals surface area contributed by atoms with Crippen molar-refractivity contribution >= 4 is 13.7 Å². The molecule has 0 saturated heterocycles. The van der Waals surface area contributed by atoms with E-state index in [0.29, 0.717) is 17.4 Å². The fourth-order valence-corrected chi connectivity index (χ4v) is 8.72. The van der Waals surface area contributed by atoms with Crippen LogP contribution < -0.4 is 10.2 Å². The Hall–Kier alpha value is -2.58. The first-order valence-electron chi connectivity index (χ1n) is 29.1. The molecule has 8 nitrogen and oxygen atoms in total. The van der Waals surface area contributed by atoms with Crippen molar-refractivity contribution in [1.82, 2.24) is 5.32 Å². The predicted molar refractivity (Wildman–Crippen MR) is 306 cm³/mol. The first-order chi connectivity index (χ1) is 34.5. The fraction of sp³-hybridized carbons (Fsp3) is 0.726. The lowest BCUT2D eigenvalue weighted by Crippen LogP contribution is -2.45. The Kier molecular flexibility index (Phi) is 50.4. The van der Waals surface area contributed by atoms with Crippen molar-refractivity contribution in [2.45, 2.75) is 251 Å². The summed E-state index contributed by atoms with van der Waals surface area (Å²) in [4.78, 5) is 25.5. The Morgan fingerprint density at radius 3 is 1.31 bits per heavy atom. The van der Waals surface area contributed by atoms with Gasteiger partial charge in [0.05, 0.1) is 39.9 Å². The summed E-state index contributed by atoms with van der Waals surface area (Å²) in [5.41, 5.74) is 0. The van der Waals surface area contributed by atoms with E-state index in [2.05, 4.69) is 104 Å². The molecule has 0 saturated carbocycles. The number of rotatable bonds is 52. The van der Waals surface area contributed by atoms with Gasteiger partial charge in [0.1, 0.15) is 13.2 Å². The molecule has 2 N–H and O–H groups in total. The average Bonchev–Trinajstić information content (AvgIpc) is 3.33. The van der Waals surface area contributed by atoms with Crippen molar-refractivity contribution in [2.75, 3.05) is 40.9 Å². The summed E-state index contributed by atoms with van der Waals surface area (Å²) < 4.78 is 23.3. The largest absolute Gasteiger partial charge is 0.756 e. The number of hydrogen-bond acceptors (Lipinski definition) is 6. The fourth-order valence-electron chi connectivity index (χ4n) is 8.00. The molecule has 3 atom stereocenters. The molecule has 0 rings (SSSR count). The number of allylic oxidation sites excluding steroid dienone is 15. The number of hydrogen-bond donors (Lipinski definition) is 2. The topological polar surface area (TPSA) is 108 Å². The van der Waals surface area contributed by atoms with Gasteiger partial charge in [0, 0.05) is 6.42 Å². The van der Waals surface area contributed by atoms with E-state index in [-0.39, 0.29) is 12.5 Å². The standard InChI is InChI=1S/C62H111N2O6P/c1-6-8-10-12-14-16-18-20-22-24-26-28-29-30-31-32-33-34-35-36-38-40-42-44-46-48-50-52-54-56-62(66)63-60(59-70-71(67,68)69-58-57-64(3,4)5)61(65)55-53-51-49-47-45-43-41-39-37-27-25-23-21-19-17-15-13-11-9-7-2/h8,10,14,16,20,22,26,28,30-31,33-34,45,47,53,55,60-61,65H,6-7,9,11-13,15,17-19,21,23-25,27,29,32,35-44,46,48-52,54,56-59H2,1-5H3,(H-,63,66,67,68)/b10-8-,16-14-,22-20-,28-26-,31-30-,34-33-,47-45+,55-53+. The molecule has 0 bridgehead atoms. The molecule has 0 radical (unpaired) electrons. The highest BCUT2D eigenvalue weighted by atomic mass is 31.2. The number of carbonyl (C=O) groups excluding carboxylic acids is 1. The van der Waals surface area contributed by atoms with E-state index in [9.17, 15) is 19.4 Å². The third kappa shape index (κ3) is 55.0. The van der Waals surface area contributed by atoms with Gasteiger partial charge in [-0.2, -0.15) is 0 Å². The van der Waals surface area contributed by atoms with Crippen LogP contribution in [-0.2, 0) is 18.4 Å². The van der Waals surface area contributed by atoms with Gasteiger partial charge in [0.15, 0.2) is 0 Å². The molecule has 0 heterocycles. The Balaban J connectivity index is 4.26. The van der Waals surface area contributed by atoms with Gasteiger partial charge in [-0.3, -0.25) is 9.36 Å². The molecule has 1 amide bonds. The number of nitrogens with one attached hydrogen (secondary N) is 1. The second-order valence-electron chi connectivity index (χ2n) is 20.6. The summed E-state index contributed by atoms with van der Waals surface area (Å²) in [7, 11) is 1.23. The molecular formula is C62H111N2O6P. The number of amides is 1. The SMILES string of the molecule is CC/C=C\C/C=C\C/C=C\C/C=C\C/C=C\C/C=C\CCCCCCCCCCCCC(=O)NC(COP(=O)([O-])OCC[N+](C)(C)C)C(O)/C=C/CC/C=C/CCCCCCCCCCCCCCCC. The lowest BCUT2D eigenvalue weighted by atomic mass is 10.0. The van der Waals surface area contributed by atoms with E-state index >= 15 is 0 Å². The monoisotopic (exact) mass is 1010 g/mol. The van der Waals surface area contributed by atoms with Crippen LogP contribution in [0.3, 0.4) is 0 Å². The van der Waals surface area contributed by atoms with Crippen LogP contribution in [0.4, 0.5) is 0 Å². The number of phosphoric acid groups is 1. The summed E-state index contributed by atoms with van der Waals surface area (Å²) in [6.07, 6.45) is 74.8. The highest BCUT2D eigenvalue weighted by Crippen LogP contribution is 2.38. The molecule has 0 aliphatic heterocycles. The van der Waals surface area contributed by atoms with E-state index in [1.54, 1.807) is 6.08 Å². The van der Waals surface area contributed by atoms with Crippen LogP contribution in [0.25, 0.3) is 0 Å². The van der Waals surface area contributed by atoms with Crippen LogP contribution >= 0.6 is 7.82 Å². The summed E-state index contributed by atoms with van der Waals surface area (Å²) in [5.74, 6) is -0.215. The Bertz CT molecular complexity index is 1470. The van der Waals surface area contributed by atoms with Gasteiger partial charge in [-0.05, 0) is 83.5 Å². The van der Waals surface area contributed by atoms with Gasteiger partial charge < -0.3 is 28.8 Å². The smallest absolute Gasteiger partial charge is 0.268 e. The predicted octanol–water partition coefficient (Wildman–Crippen LogP) is 17.2. The number of nitrogens with zero attached hydrogens (tertiary/aromatic N) is 1. The van der Waals surface area contributed by atoms with Gasteiger partial charge in [-0.25, -0.2) is 0 Å². The summed E-state index contributed by atoms with van der Waals surface area (Å²) in [6.45, 7) is 4.52. The minimum absolute atomic E-state index is 0.0115. The molecule has 3 unspecified atom stereocenters. The highest BCUT2D eigenvalue weighted by molar-refractivity contribution is 7.45. The van der Waals surface area contributed by atoms with Gasteiger partial charge in [0.25, 0.3) is 7.82 Å². The minimum atomic E-state index is -4.61. The molecule has 0 aromatic heterocycles. The molecule has 0 spiro atoms. The van der Waals surface area contributed by atoms with Gasteiger partial charge in [0.2, 0.25) is 5.91 Å². The summed E-state index contributed by atoms with van der Waals surface area (Å²) in [6, 6.07) is -0.912. The third-order valence-corrected chi connectivity index (χ3v) is 13.5. The van der Waals surface area contributed by atoms with Crippen molar-refractivity contribution in [3.05, 3.63) is 97.2 Å². The molecule has 71 heavy (non-hydrogen) atoms. The molecule has 0 aromatic rings. The van der Waals surface area contributed by atoms with Crippen LogP contribution in [0.1, 0.15) is 239 Å². The van der Waals surface area contributed by atoms with Crippen LogP contribution in [-0.4, -0.2) is 68.5 Å². The molecule has 9 heteroatoms. The lowest BCUT2D eigenvalue weighted by molar-refractivity contribution is -0.870. The molecule has 0 aliphatic rings. The second kappa shape index (κ2) is 52.3. The molecule has 0 aliphatic carbocycles. The molecule has 410 valence electrons. The Morgan fingerprint density at radius 2 is 0.873 bits per heavy atom. The summed E-state index contributed by atoms with van der Waals surface area (Å²) in [5, 5.41) is 13.9. The van der Waals surface area contributed by atoms with E-state index in [0.717, 1.165) is 83.5 Å². The number of carbonyl (C=O) groups is 1. The molecular weight excluding hydrogens is 900 g/mol. The maximum atomic E-state index is 13.0. The summed E-state index contributed by atoms with van der Waals surface area (Å²) >= 11 is 0. The van der Waals surface area contributed by atoms with Gasteiger partial charge in [-0.1, -0.05) is 246 Å². The second-order valence-corrected chi connectivity index (χ2v) is 22.0. The average molecular weight is 1010 g/mol. The zero-order chi connectivity index (χ0) is 52.0. The zero-order valence-corrected chi connectivity index (χ0v) is 47.5. The van der Waals surface area contributed by atoms with E-state index in [1.807, 2.05) is 27.2 Å². The van der Waals surface area contributed by atoms with Crippen molar-refractivity contribution in [3.8, 4) is 0 Å². The van der Waals surface area contributed by atoms with E-state index in [1.165, 1.54) is 135 Å². The molecule has 0 fully saturated rings. The third-order valence-electron chi connectivity index (χ3n) is 12.5. The number of phosphoric ester groups is 1. The van der Waals surface area contributed by atoms with Gasteiger partial charge in [-0.15, -0.1) is 0 Å². The van der Waals surface area contributed by atoms with Crippen molar-refractivity contribution in [3.63, 3.8) is 0 Å². The maximum absolute atomic E-state index is 13.0. The van der Waals surface area contributed by atoms with Crippen LogP contribution in [0.2, 0.25) is 0 Å². The van der Waals surface area contributed by atoms with Crippen LogP contribution in [0, 0.1) is 0 Å². The Labute approximate surface area is 439 Å². The Morgan fingerprint density at radius 1 is 0.507 bits per heavy atom. The first kappa shape index (κ1) is 68.4. The lowest BCUT2D eigenvalue weighted by Gasteiger charge is -2.29. The van der Waals surface area contributed by atoms with Crippen LogP contribution in [0.15, 0.2) is 97.2 Å². The number of aliphatic hydroxyl groups is 1. The highest BCUT2D eigenvalue weighted by Gasteiger charge is 2.23. The van der Waals surface area contributed by atoms with E-state index in [4.69, 9.17) is 9.05 Å². The van der Waals surface area contributed by atoms with Crippen molar-refractivity contribution in [1.29, 1.82) is 0 Å².